The van der Waals surface area contributed by atoms with Crippen LogP contribution in [-0.4, -0.2) is 51.1 Å². The summed E-state index contributed by atoms with van der Waals surface area (Å²) in [4.78, 5) is 25.6. The van der Waals surface area contributed by atoms with Crippen LogP contribution in [0.25, 0.3) is 0 Å². The van der Waals surface area contributed by atoms with E-state index >= 15 is 0 Å². The zero-order chi connectivity index (χ0) is 15.7. The lowest BCUT2D eigenvalue weighted by atomic mass is 10.1. The molecule has 2 aliphatic heterocycles. The summed E-state index contributed by atoms with van der Waals surface area (Å²) in [5.74, 6) is -0.304. The van der Waals surface area contributed by atoms with Crippen molar-refractivity contribution in [1.82, 2.24) is 20.4 Å². The molecule has 0 aliphatic carbocycles. The minimum atomic E-state index is -0.486. The maximum Gasteiger partial charge on any atom is 0.322 e. The molecule has 2 bridgehead atoms. The predicted molar refractivity (Wildman–Crippen MR) is 87.0 cm³/mol. The molecule has 9 heteroatoms. The van der Waals surface area contributed by atoms with Gasteiger partial charge in [0.2, 0.25) is 5.69 Å². The van der Waals surface area contributed by atoms with Crippen molar-refractivity contribution in [1.29, 1.82) is 0 Å². The van der Waals surface area contributed by atoms with Crippen LogP contribution in [0.4, 0.5) is 5.69 Å². The maximum absolute atomic E-state index is 12.9. The standard InChI is InChI=1S/C14H21N5O3.ClH/c1-2-3-11-13(19(21)22)12(17-16-11)14(20)18-9-4-5-10(18)8-15-7-6-9;/h9-10,15H,2-8H2,1H3,(H,16,17);1H. The SMILES string of the molecule is CCCc1[nH]nc(C(=O)N2C3CCNCC2CC3)c1[N+](=O)[O-].Cl. The Morgan fingerprint density at radius 2 is 2.13 bits per heavy atom. The first-order valence-corrected chi connectivity index (χ1v) is 7.88. The number of hydrogen-bond acceptors (Lipinski definition) is 5. The largest absolute Gasteiger partial charge is 0.330 e. The van der Waals surface area contributed by atoms with E-state index in [1.165, 1.54) is 0 Å². The van der Waals surface area contributed by atoms with Crippen LogP contribution in [0.5, 0.6) is 0 Å². The molecule has 8 nitrogen and oxygen atoms in total. The first-order chi connectivity index (χ1) is 10.6. The van der Waals surface area contributed by atoms with Gasteiger partial charge in [0, 0.05) is 18.6 Å². The van der Waals surface area contributed by atoms with Gasteiger partial charge in [0.05, 0.1) is 4.92 Å². The number of aryl methyl sites for hydroxylation is 1. The van der Waals surface area contributed by atoms with Crippen molar-refractivity contribution in [2.24, 2.45) is 0 Å². The Balaban J connectivity index is 0.00000192. The molecule has 2 aliphatic rings. The summed E-state index contributed by atoms with van der Waals surface area (Å²) in [5.41, 5.74) is 0.256. The van der Waals surface area contributed by atoms with Gasteiger partial charge in [-0.05, 0) is 32.2 Å². The third kappa shape index (κ3) is 3.18. The van der Waals surface area contributed by atoms with Gasteiger partial charge in [0.15, 0.2) is 0 Å². The minimum Gasteiger partial charge on any atom is -0.330 e. The molecule has 0 aromatic carbocycles. The van der Waals surface area contributed by atoms with Crippen LogP contribution in [0.15, 0.2) is 0 Å². The van der Waals surface area contributed by atoms with Crippen LogP contribution in [0.1, 0.15) is 48.8 Å². The van der Waals surface area contributed by atoms with E-state index in [-0.39, 0.29) is 41.8 Å². The highest BCUT2D eigenvalue weighted by Crippen LogP contribution is 2.32. The van der Waals surface area contributed by atoms with E-state index in [1.54, 1.807) is 0 Å². The van der Waals surface area contributed by atoms with Crippen LogP contribution in [0, 0.1) is 10.1 Å². The van der Waals surface area contributed by atoms with E-state index in [9.17, 15) is 14.9 Å². The number of carbonyl (C=O) groups excluding carboxylic acids is 1. The average molecular weight is 344 g/mol. The van der Waals surface area contributed by atoms with Crippen LogP contribution in [0.3, 0.4) is 0 Å². The summed E-state index contributed by atoms with van der Waals surface area (Å²) >= 11 is 0. The third-order valence-corrected chi connectivity index (χ3v) is 4.59. The van der Waals surface area contributed by atoms with Gasteiger partial charge < -0.3 is 10.2 Å². The number of H-pyrrole nitrogens is 1. The zero-order valence-corrected chi connectivity index (χ0v) is 13.9. The molecule has 2 fully saturated rings. The molecule has 0 radical (unpaired) electrons. The second kappa shape index (κ2) is 7.27. The molecule has 3 heterocycles. The van der Waals surface area contributed by atoms with Crippen molar-refractivity contribution < 1.29 is 9.72 Å². The number of nitro groups is 1. The number of aromatic amines is 1. The summed E-state index contributed by atoms with van der Waals surface area (Å²) < 4.78 is 0. The number of nitrogens with one attached hydrogen (secondary N) is 2. The molecule has 1 amide bonds. The van der Waals surface area contributed by atoms with Gasteiger partial charge in [0.25, 0.3) is 5.91 Å². The van der Waals surface area contributed by atoms with Crippen LogP contribution in [0.2, 0.25) is 0 Å². The average Bonchev–Trinajstić information content (AvgIpc) is 2.99. The smallest absolute Gasteiger partial charge is 0.322 e. The number of carbonyl (C=O) groups is 1. The lowest BCUT2D eigenvalue weighted by Gasteiger charge is -2.26. The van der Waals surface area contributed by atoms with Crippen LogP contribution >= 0.6 is 12.4 Å². The fraction of sp³-hybridized carbons (Fsp3) is 0.714. The molecule has 2 saturated heterocycles. The minimum absolute atomic E-state index is 0. The van der Waals surface area contributed by atoms with Crippen molar-refractivity contribution in [2.45, 2.75) is 51.1 Å². The van der Waals surface area contributed by atoms with Crippen LogP contribution < -0.4 is 5.32 Å². The molecule has 23 heavy (non-hydrogen) atoms. The first kappa shape index (κ1) is 17.7. The molecule has 0 saturated carbocycles. The van der Waals surface area contributed by atoms with E-state index in [4.69, 9.17) is 0 Å². The quantitative estimate of drug-likeness (QED) is 0.639. The molecule has 0 spiro atoms. The molecular formula is C14H22ClN5O3. The number of fused-ring (bicyclic) bond motifs is 2. The fourth-order valence-electron chi connectivity index (χ4n) is 3.58. The number of aromatic nitrogens is 2. The van der Waals surface area contributed by atoms with Gasteiger partial charge in [-0.25, -0.2) is 0 Å². The lowest BCUT2D eigenvalue weighted by molar-refractivity contribution is -0.385. The van der Waals surface area contributed by atoms with E-state index in [1.807, 2.05) is 11.8 Å². The highest BCUT2D eigenvalue weighted by Gasteiger charge is 2.42. The Labute approximate surface area is 140 Å². The number of hydrogen-bond donors (Lipinski definition) is 2. The van der Waals surface area contributed by atoms with Gasteiger partial charge in [-0.15, -0.1) is 12.4 Å². The number of rotatable bonds is 4. The highest BCUT2D eigenvalue weighted by molar-refractivity contribution is 5.97. The molecule has 2 unspecified atom stereocenters. The summed E-state index contributed by atoms with van der Waals surface area (Å²) in [6.07, 6.45) is 4.09. The Hall–Kier alpha value is -1.67. The molecule has 2 N–H and O–H groups in total. The van der Waals surface area contributed by atoms with Gasteiger partial charge in [-0.3, -0.25) is 20.0 Å². The van der Waals surface area contributed by atoms with Crippen molar-refractivity contribution in [3.63, 3.8) is 0 Å². The summed E-state index contributed by atoms with van der Waals surface area (Å²) in [6, 6.07) is 0.282. The van der Waals surface area contributed by atoms with E-state index in [0.717, 1.165) is 38.8 Å². The molecule has 1 aromatic rings. The van der Waals surface area contributed by atoms with Crippen molar-refractivity contribution >= 4 is 24.0 Å². The number of halogens is 1. The van der Waals surface area contributed by atoms with Crippen molar-refractivity contribution in [3.05, 3.63) is 21.5 Å². The summed E-state index contributed by atoms with van der Waals surface area (Å²) in [6.45, 7) is 3.57. The highest BCUT2D eigenvalue weighted by atomic mass is 35.5. The molecule has 3 rings (SSSR count). The Morgan fingerprint density at radius 3 is 2.83 bits per heavy atom. The predicted octanol–water partition coefficient (Wildman–Crippen LogP) is 1.66. The normalized spacial score (nSPS) is 23.3. The van der Waals surface area contributed by atoms with E-state index < -0.39 is 4.92 Å². The molecular weight excluding hydrogens is 322 g/mol. The first-order valence-electron chi connectivity index (χ1n) is 7.88. The Kier molecular flexibility index (Phi) is 5.59. The Morgan fingerprint density at radius 1 is 1.39 bits per heavy atom. The van der Waals surface area contributed by atoms with Gasteiger partial charge >= 0.3 is 5.69 Å². The number of amides is 1. The summed E-state index contributed by atoms with van der Waals surface area (Å²) in [5, 5.41) is 21.4. The Bertz CT molecular complexity index is 577. The van der Waals surface area contributed by atoms with Crippen molar-refractivity contribution in [3.8, 4) is 0 Å². The number of nitrogens with zero attached hydrogens (tertiary/aromatic N) is 3. The zero-order valence-electron chi connectivity index (χ0n) is 13.1. The van der Waals surface area contributed by atoms with Crippen molar-refractivity contribution in [2.75, 3.05) is 13.1 Å². The second-order valence-corrected chi connectivity index (χ2v) is 6.00. The van der Waals surface area contributed by atoms with Gasteiger partial charge in [-0.2, -0.15) is 5.10 Å². The molecule has 128 valence electrons. The van der Waals surface area contributed by atoms with Crippen LogP contribution in [-0.2, 0) is 6.42 Å². The van der Waals surface area contributed by atoms with E-state index in [0.29, 0.717) is 12.1 Å². The third-order valence-electron chi connectivity index (χ3n) is 4.59. The van der Waals surface area contributed by atoms with E-state index in [2.05, 4.69) is 15.5 Å². The fourth-order valence-corrected chi connectivity index (χ4v) is 3.58. The second-order valence-electron chi connectivity index (χ2n) is 6.00. The summed E-state index contributed by atoms with van der Waals surface area (Å²) in [7, 11) is 0. The maximum atomic E-state index is 12.9. The molecule has 2 atom stereocenters. The van der Waals surface area contributed by atoms with Gasteiger partial charge in [0.1, 0.15) is 5.69 Å². The van der Waals surface area contributed by atoms with Gasteiger partial charge in [-0.1, -0.05) is 13.3 Å². The molecule has 1 aromatic heterocycles. The topological polar surface area (TPSA) is 104 Å². The monoisotopic (exact) mass is 343 g/mol. The lowest BCUT2D eigenvalue weighted by Crippen LogP contribution is -2.42.